The third-order valence-electron chi connectivity index (χ3n) is 2.38. The van der Waals surface area contributed by atoms with Gasteiger partial charge in [0.2, 0.25) is 0 Å². The summed E-state index contributed by atoms with van der Waals surface area (Å²) in [6, 6.07) is 8.07. The molecule has 2 N–H and O–H groups in total. The number of carbonyl (C=O) groups is 1. The Morgan fingerprint density at radius 1 is 1.15 bits per heavy atom. The second kappa shape index (κ2) is 5.59. The molecule has 6 nitrogen and oxygen atoms in total. The molecule has 2 rings (SSSR count). The Hall–Kier alpha value is -1.93. The minimum atomic E-state index is -3.79. The van der Waals surface area contributed by atoms with Crippen molar-refractivity contribution in [3.05, 3.63) is 52.6 Å². The van der Waals surface area contributed by atoms with E-state index in [9.17, 15) is 13.2 Å². The monoisotopic (exact) mass is 356 g/mol. The Balaban J connectivity index is 2.26. The molecule has 0 spiro atoms. The zero-order valence-electron chi connectivity index (χ0n) is 9.95. The van der Waals surface area contributed by atoms with Crippen molar-refractivity contribution in [1.82, 2.24) is 4.98 Å². The molecule has 0 radical (unpaired) electrons. The Morgan fingerprint density at radius 2 is 1.80 bits per heavy atom. The number of aromatic carboxylic acids is 1. The second-order valence-electron chi connectivity index (χ2n) is 3.80. The van der Waals surface area contributed by atoms with Crippen LogP contribution in [0.5, 0.6) is 0 Å². The third kappa shape index (κ3) is 3.34. The van der Waals surface area contributed by atoms with Crippen LogP contribution >= 0.6 is 15.9 Å². The summed E-state index contributed by atoms with van der Waals surface area (Å²) in [5.41, 5.74) is 0.0192. The van der Waals surface area contributed by atoms with E-state index in [-0.39, 0.29) is 16.3 Å². The Bertz CT molecular complexity index is 727. The number of hydrogen-bond donors (Lipinski definition) is 2. The Morgan fingerprint density at radius 3 is 2.30 bits per heavy atom. The van der Waals surface area contributed by atoms with Crippen LogP contribution in [0.2, 0.25) is 0 Å². The van der Waals surface area contributed by atoms with Gasteiger partial charge >= 0.3 is 5.97 Å². The molecule has 20 heavy (non-hydrogen) atoms. The first-order chi connectivity index (χ1) is 9.38. The van der Waals surface area contributed by atoms with Gasteiger partial charge in [-0.1, -0.05) is 0 Å². The zero-order chi connectivity index (χ0) is 14.8. The number of rotatable bonds is 4. The summed E-state index contributed by atoms with van der Waals surface area (Å²) < 4.78 is 27.1. The molecule has 1 heterocycles. The highest BCUT2D eigenvalue weighted by molar-refractivity contribution is 9.10. The van der Waals surface area contributed by atoms with Gasteiger partial charge in [-0.3, -0.25) is 4.72 Å². The summed E-state index contributed by atoms with van der Waals surface area (Å²) in [5.74, 6) is -0.938. The predicted octanol–water partition coefficient (Wildman–Crippen LogP) is 2.34. The quantitative estimate of drug-likeness (QED) is 0.876. The lowest BCUT2D eigenvalue weighted by Crippen LogP contribution is -2.14. The van der Waals surface area contributed by atoms with Crippen molar-refractivity contribution in [3.8, 4) is 0 Å². The highest BCUT2D eigenvalue weighted by atomic mass is 79.9. The van der Waals surface area contributed by atoms with Crippen molar-refractivity contribution < 1.29 is 18.3 Å². The normalized spacial score (nSPS) is 11.1. The van der Waals surface area contributed by atoms with E-state index in [1.54, 1.807) is 6.07 Å². The van der Waals surface area contributed by atoms with Gasteiger partial charge in [-0.05, 0) is 52.3 Å². The fourth-order valence-corrected chi connectivity index (χ4v) is 2.65. The van der Waals surface area contributed by atoms with Crippen molar-refractivity contribution in [2.45, 2.75) is 4.90 Å². The maximum atomic E-state index is 12.1. The number of carboxylic acids is 1. The highest BCUT2D eigenvalue weighted by Crippen LogP contribution is 2.16. The molecule has 1 aromatic carbocycles. The van der Waals surface area contributed by atoms with Gasteiger partial charge in [-0.25, -0.2) is 18.2 Å². The van der Waals surface area contributed by atoms with Gasteiger partial charge in [0.1, 0.15) is 5.82 Å². The van der Waals surface area contributed by atoms with Gasteiger partial charge in [-0.15, -0.1) is 0 Å². The van der Waals surface area contributed by atoms with Crippen LogP contribution in [0.15, 0.2) is 52.0 Å². The average Bonchev–Trinajstić information content (AvgIpc) is 2.41. The van der Waals surface area contributed by atoms with E-state index in [0.717, 1.165) is 4.47 Å². The summed E-state index contributed by atoms with van der Waals surface area (Å²) >= 11 is 3.20. The van der Waals surface area contributed by atoms with Crippen molar-refractivity contribution in [3.63, 3.8) is 0 Å². The van der Waals surface area contributed by atoms with Crippen LogP contribution in [-0.2, 0) is 10.0 Å². The van der Waals surface area contributed by atoms with Gasteiger partial charge in [0, 0.05) is 10.7 Å². The standard InChI is InChI=1S/C12H9BrN2O4S/c13-9-3-6-11(14-7-9)15-20(18,19)10-4-1-8(2-5-10)12(16)17/h1-7H,(H,14,15)(H,16,17). The molecule has 0 aliphatic carbocycles. The second-order valence-corrected chi connectivity index (χ2v) is 6.39. The molecule has 1 aromatic heterocycles. The van der Waals surface area contributed by atoms with Crippen molar-refractivity contribution in [2.75, 3.05) is 4.72 Å². The van der Waals surface area contributed by atoms with Gasteiger partial charge < -0.3 is 5.11 Å². The fraction of sp³-hybridized carbons (Fsp3) is 0. The number of pyridine rings is 1. The third-order valence-corrected chi connectivity index (χ3v) is 4.22. The number of nitrogens with zero attached hydrogens (tertiary/aromatic N) is 1. The molecule has 0 aliphatic heterocycles. The molecule has 8 heteroatoms. The van der Waals surface area contributed by atoms with Gasteiger partial charge in [0.25, 0.3) is 10.0 Å². The lowest BCUT2D eigenvalue weighted by atomic mass is 10.2. The summed E-state index contributed by atoms with van der Waals surface area (Å²) in [6.07, 6.45) is 1.46. The molecule has 2 aromatic rings. The predicted molar refractivity (Wildman–Crippen MR) is 76.1 cm³/mol. The van der Waals surface area contributed by atoms with Crippen LogP contribution in [0, 0.1) is 0 Å². The molecule has 0 atom stereocenters. The number of hydrogen-bond acceptors (Lipinski definition) is 4. The van der Waals surface area contributed by atoms with Crippen LogP contribution in [0.25, 0.3) is 0 Å². The lowest BCUT2D eigenvalue weighted by Gasteiger charge is -2.07. The molecule has 0 amide bonds. The van der Waals surface area contributed by atoms with Gasteiger partial charge in [-0.2, -0.15) is 0 Å². The minimum absolute atomic E-state index is 0.0192. The van der Waals surface area contributed by atoms with Crippen LogP contribution in [0.3, 0.4) is 0 Å². The van der Waals surface area contributed by atoms with E-state index in [1.807, 2.05) is 0 Å². The molecule has 0 fully saturated rings. The van der Waals surface area contributed by atoms with Gasteiger partial charge in [0.05, 0.1) is 10.5 Å². The Kier molecular flexibility index (Phi) is 4.05. The van der Waals surface area contributed by atoms with Gasteiger partial charge in [0.15, 0.2) is 0 Å². The van der Waals surface area contributed by atoms with E-state index in [2.05, 4.69) is 25.6 Å². The first-order valence-corrected chi connectivity index (χ1v) is 7.64. The molecule has 0 aliphatic rings. The smallest absolute Gasteiger partial charge is 0.335 e. The van der Waals surface area contributed by atoms with Crippen LogP contribution < -0.4 is 4.72 Å². The SMILES string of the molecule is O=C(O)c1ccc(S(=O)(=O)Nc2ccc(Br)cn2)cc1. The summed E-state index contributed by atoms with van der Waals surface area (Å²) in [4.78, 5) is 14.6. The molecule has 0 saturated heterocycles. The molecular weight excluding hydrogens is 348 g/mol. The summed E-state index contributed by atoms with van der Waals surface area (Å²) in [7, 11) is -3.79. The number of aromatic nitrogens is 1. The van der Waals surface area contributed by atoms with Crippen LogP contribution in [-0.4, -0.2) is 24.5 Å². The van der Waals surface area contributed by atoms with E-state index < -0.39 is 16.0 Å². The highest BCUT2D eigenvalue weighted by Gasteiger charge is 2.15. The number of nitrogens with one attached hydrogen (secondary N) is 1. The minimum Gasteiger partial charge on any atom is -0.478 e. The number of sulfonamides is 1. The zero-order valence-corrected chi connectivity index (χ0v) is 12.3. The first kappa shape index (κ1) is 14.5. The molecule has 0 bridgehead atoms. The van der Waals surface area contributed by atoms with E-state index >= 15 is 0 Å². The van der Waals surface area contributed by atoms with Crippen molar-refractivity contribution in [2.24, 2.45) is 0 Å². The van der Waals surface area contributed by atoms with Crippen LogP contribution in [0.4, 0.5) is 5.82 Å². The van der Waals surface area contributed by atoms with E-state index in [1.165, 1.54) is 36.5 Å². The molecule has 0 saturated carbocycles. The fourth-order valence-electron chi connectivity index (χ4n) is 1.41. The van der Waals surface area contributed by atoms with Crippen molar-refractivity contribution >= 4 is 37.7 Å². The maximum Gasteiger partial charge on any atom is 0.335 e. The van der Waals surface area contributed by atoms with E-state index in [0.29, 0.717) is 0 Å². The van der Waals surface area contributed by atoms with Crippen LogP contribution in [0.1, 0.15) is 10.4 Å². The summed E-state index contributed by atoms with van der Waals surface area (Å²) in [6.45, 7) is 0. The molecular formula is C12H9BrN2O4S. The topological polar surface area (TPSA) is 96.4 Å². The number of carboxylic acid groups (broad SMARTS) is 1. The van der Waals surface area contributed by atoms with E-state index in [4.69, 9.17) is 5.11 Å². The average molecular weight is 357 g/mol. The summed E-state index contributed by atoms with van der Waals surface area (Å²) in [5, 5.41) is 8.76. The number of benzene rings is 1. The molecule has 0 unspecified atom stereocenters. The largest absolute Gasteiger partial charge is 0.478 e. The number of halogens is 1. The maximum absolute atomic E-state index is 12.1. The Labute approximate surface area is 123 Å². The number of anilines is 1. The lowest BCUT2D eigenvalue weighted by molar-refractivity contribution is 0.0697. The first-order valence-electron chi connectivity index (χ1n) is 5.36. The molecule has 104 valence electrons. The van der Waals surface area contributed by atoms with Crippen molar-refractivity contribution in [1.29, 1.82) is 0 Å².